The summed E-state index contributed by atoms with van der Waals surface area (Å²) in [6.45, 7) is 6.10. The standard InChI is InChI=1S/C16H28N4O7/c1-7(2)12(15(25)20-13(8(3)4)16(26)27)19-10(21)6-18-14(24)9(17)5-11(22)23/h7-9,12-13H,5-6,17H2,1-4H3,(H,18,24)(H,19,21)(H,20,25)(H,22,23)(H,26,27). The molecule has 3 atom stereocenters. The molecule has 0 rings (SSSR count). The maximum atomic E-state index is 12.3. The molecule has 7 N–H and O–H groups in total. The molecule has 0 bridgehead atoms. The fraction of sp³-hybridized carbons (Fsp3) is 0.688. The van der Waals surface area contributed by atoms with E-state index in [1.807, 2.05) is 0 Å². The van der Waals surface area contributed by atoms with Gasteiger partial charge in [0.15, 0.2) is 0 Å². The predicted octanol–water partition coefficient (Wildman–Crippen LogP) is -1.73. The van der Waals surface area contributed by atoms with Crippen molar-refractivity contribution in [1.82, 2.24) is 16.0 Å². The molecule has 11 nitrogen and oxygen atoms in total. The maximum absolute atomic E-state index is 12.3. The average Bonchev–Trinajstić information content (AvgIpc) is 2.53. The van der Waals surface area contributed by atoms with E-state index >= 15 is 0 Å². The number of nitrogens with one attached hydrogen (secondary N) is 3. The number of hydrogen-bond acceptors (Lipinski definition) is 6. The van der Waals surface area contributed by atoms with Gasteiger partial charge in [0.05, 0.1) is 19.0 Å². The Hall–Kier alpha value is -2.69. The Bertz CT molecular complexity index is 577. The van der Waals surface area contributed by atoms with Gasteiger partial charge in [0.1, 0.15) is 12.1 Å². The number of carboxylic acids is 2. The van der Waals surface area contributed by atoms with Crippen LogP contribution in [0.4, 0.5) is 0 Å². The quantitative estimate of drug-likeness (QED) is 0.241. The minimum atomic E-state index is -1.30. The van der Waals surface area contributed by atoms with Crippen LogP contribution >= 0.6 is 0 Å². The van der Waals surface area contributed by atoms with Crippen molar-refractivity contribution in [2.45, 2.75) is 52.2 Å². The molecule has 0 aliphatic carbocycles. The number of aliphatic carboxylic acids is 2. The molecule has 11 heteroatoms. The average molecular weight is 388 g/mol. The summed E-state index contributed by atoms with van der Waals surface area (Å²) in [7, 11) is 0. The number of nitrogens with two attached hydrogens (primary N) is 1. The lowest BCUT2D eigenvalue weighted by Gasteiger charge is -2.25. The summed E-state index contributed by atoms with van der Waals surface area (Å²) in [6, 6.07) is -3.42. The monoisotopic (exact) mass is 388 g/mol. The van der Waals surface area contributed by atoms with E-state index < -0.39 is 60.8 Å². The molecule has 0 saturated carbocycles. The molecule has 0 aromatic rings. The molecule has 0 aromatic heterocycles. The van der Waals surface area contributed by atoms with Gasteiger partial charge in [-0.15, -0.1) is 0 Å². The highest BCUT2D eigenvalue weighted by Gasteiger charge is 2.30. The van der Waals surface area contributed by atoms with Crippen LogP contribution in [0.2, 0.25) is 0 Å². The molecule has 0 aliphatic heterocycles. The van der Waals surface area contributed by atoms with Crippen molar-refractivity contribution in [1.29, 1.82) is 0 Å². The molecule has 0 heterocycles. The summed E-state index contributed by atoms with van der Waals surface area (Å²) < 4.78 is 0. The van der Waals surface area contributed by atoms with Gasteiger partial charge in [-0.1, -0.05) is 27.7 Å². The number of carbonyl (C=O) groups excluding carboxylic acids is 3. The minimum absolute atomic E-state index is 0.347. The van der Waals surface area contributed by atoms with Crippen LogP contribution in [0, 0.1) is 11.8 Å². The summed E-state index contributed by atoms with van der Waals surface area (Å²) >= 11 is 0. The third kappa shape index (κ3) is 8.99. The van der Waals surface area contributed by atoms with Crippen molar-refractivity contribution in [3.8, 4) is 0 Å². The van der Waals surface area contributed by atoms with Gasteiger partial charge < -0.3 is 31.9 Å². The van der Waals surface area contributed by atoms with E-state index in [9.17, 15) is 24.0 Å². The van der Waals surface area contributed by atoms with Gasteiger partial charge in [0.2, 0.25) is 17.7 Å². The van der Waals surface area contributed by atoms with E-state index in [0.29, 0.717) is 0 Å². The van der Waals surface area contributed by atoms with Gasteiger partial charge in [0.25, 0.3) is 0 Å². The van der Waals surface area contributed by atoms with E-state index in [2.05, 4.69) is 16.0 Å². The van der Waals surface area contributed by atoms with E-state index in [4.69, 9.17) is 15.9 Å². The highest BCUT2D eigenvalue weighted by atomic mass is 16.4. The maximum Gasteiger partial charge on any atom is 0.326 e. The lowest BCUT2D eigenvalue weighted by molar-refractivity contribution is -0.143. The van der Waals surface area contributed by atoms with Crippen molar-refractivity contribution >= 4 is 29.7 Å². The van der Waals surface area contributed by atoms with Crippen LogP contribution in [0.25, 0.3) is 0 Å². The van der Waals surface area contributed by atoms with Gasteiger partial charge >= 0.3 is 11.9 Å². The lowest BCUT2D eigenvalue weighted by Crippen LogP contribution is -2.56. The molecule has 27 heavy (non-hydrogen) atoms. The van der Waals surface area contributed by atoms with Gasteiger partial charge in [-0.05, 0) is 11.8 Å². The Morgan fingerprint density at radius 3 is 1.78 bits per heavy atom. The smallest absolute Gasteiger partial charge is 0.326 e. The molecule has 3 amide bonds. The summed E-state index contributed by atoms with van der Waals surface area (Å²) in [6.07, 6.45) is -0.587. The van der Waals surface area contributed by atoms with Gasteiger partial charge in [-0.2, -0.15) is 0 Å². The fourth-order valence-electron chi connectivity index (χ4n) is 2.10. The van der Waals surface area contributed by atoms with Crippen LogP contribution in [0.1, 0.15) is 34.1 Å². The Balaban J connectivity index is 4.79. The highest BCUT2D eigenvalue weighted by Crippen LogP contribution is 2.06. The summed E-state index contributed by atoms with van der Waals surface area (Å²) in [5.41, 5.74) is 5.37. The van der Waals surface area contributed by atoms with E-state index in [1.54, 1.807) is 27.7 Å². The molecular weight excluding hydrogens is 360 g/mol. The minimum Gasteiger partial charge on any atom is -0.481 e. The van der Waals surface area contributed by atoms with Crippen molar-refractivity contribution < 1.29 is 34.2 Å². The Morgan fingerprint density at radius 2 is 1.37 bits per heavy atom. The van der Waals surface area contributed by atoms with Crippen molar-refractivity contribution in [3.63, 3.8) is 0 Å². The van der Waals surface area contributed by atoms with Gasteiger partial charge in [0, 0.05) is 0 Å². The molecule has 3 unspecified atom stereocenters. The Morgan fingerprint density at radius 1 is 0.852 bits per heavy atom. The number of carboxylic acid groups (broad SMARTS) is 2. The second kappa shape index (κ2) is 11.1. The molecule has 0 spiro atoms. The first-order valence-electron chi connectivity index (χ1n) is 8.44. The number of amides is 3. The van der Waals surface area contributed by atoms with Crippen molar-refractivity contribution in [3.05, 3.63) is 0 Å². The molecule has 154 valence electrons. The molecule has 0 aliphatic rings. The van der Waals surface area contributed by atoms with E-state index in [0.717, 1.165) is 0 Å². The number of rotatable bonds is 11. The Labute approximate surface area is 157 Å². The third-order valence-electron chi connectivity index (χ3n) is 3.65. The molecule has 0 fully saturated rings. The van der Waals surface area contributed by atoms with Gasteiger partial charge in [-0.25, -0.2) is 4.79 Å². The lowest BCUT2D eigenvalue weighted by atomic mass is 10.0. The first-order valence-corrected chi connectivity index (χ1v) is 8.44. The van der Waals surface area contributed by atoms with Crippen LogP contribution in [0.3, 0.4) is 0 Å². The second-order valence-electron chi connectivity index (χ2n) is 6.78. The largest absolute Gasteiger partial charge is 0.481 e. The summed E-state index contributed by atoms with van der Waals surface area (Å²) in [5, 5.41) is 24.7. The predicted molar refractivity (Wildman–Crippen MR) is 94.4 cm³/mol. The zero-order valence-corrected chi connectivity index (χ0v) is 15.8. The van der Waals surface area contributed by atoms with Crippen LogP contribution in [-0.2, 0) is 24.0 Å². The van der Waals surface area contributed by atoms with Gasteiger partial charge in [-0.3, -0.25) is 19.2 Å². The van der Waals surface area contributed by atoms with Crippen molar-refractivity contribution in [2.75, 3.05) is 6.54 Å². The molecule has 0 aromatic carbocycles. The van der Waals surface area contributed by atoms with E-state index in [-0.39, 0.29) is 11.8 Å². The highest BCUT2D eigenvalue weighted by molar-refractivity contribution is 5.93. The third-order valence-corrected chi connectivity index (χ3v) is 3.65. The molecule has 0 saturated heterocycles. The SMILES string of the molecule is CC(C)C(NC(=O)C(NC(=O)CNC(=O)C(N)CC(=O)O)C(C)C)C(=O)O. The molecule has 0 radical (unpaired) electrons. The number of hydrogen-bond donors (Lipinski definition) is 6. The van der Waals surface area contributed by atoms with Crippen LogP contribution in [0.5, 0.6) is 0 Å². The molecular formula is C16H28N4O7. The van der Waals surface area contributed by atoms with Crippen LogP contribution in [0.15, 0.2) is 0 Å². The zero-order valence-electron chi connectivity index (χ0n) is 15.8. The Kier molecular flexibility index (Phi) is 10.0. The van der Waals surface area contributed by atoms with Crippen LogP contribution < -0.4 is 21.7 Å². The zero-order chi connectivity index (χ0) is 21.3. The first-order chi connectivity index (χ1) is 12.4. The number of carbonyl (C=O) groups is 5. The summed E-state index contributed by atoms with van der Waals surface area (Å²) in [5.74, 6) is -5.32. The summed E-state index contributed by atoms with van der Waals surface area (Å²) in [4.78, 5) is 57.7. The van der Waals surface area contributed by atoms with Crippen LogP contribution in [-0.4, -0.2) is 64.5 Å². The van der Waals surface area contributed by atoms with Crippen molar-refractivity contribution in [2.24, 2.45) is 17.6 Å². The fourth-order valence-corrected chi connectivity index (χ4v) is 2.10. The first kappa shape index (κ1) is 24.3. The van der Waals surface area contributed by atoms with E-state index in [1.165, 1.54) is 0 Å². The second-order valence-corrected chi connectivity index (χ2v) is 6.78. The topological polar surface area (TPSA) is 188 Å². The normalized spacial score (nSPS) is 14.2.